The first-order chi connectivity index (χ1) is 9.17. The van der Waals surface area contributed by atoms with Gasteiger partial charge < -0.3 is 11.1 Å². The maximum absolute atomic E-state index is 12.7. The lowest BCUT2D eigenvalue weighted by atomic mass is 10.0. The van der Waals surface area contributed by atoms with Crippen LogP contribution in [-0.2, 0) is 14.8 Å². The summed E-state index contributed by atoms with van der Waals surface area (Å²) in [5.74, 6) is -0.325. The van der Waals surface area contributed by atoms with Crippen LogP contribution in [0.5, 0.6) is 0 Å². The van der Waals surface area contributed by atoms with Gasteiger partial charge in [-0.15, -0.1) is 0 Å². The number of amides is 1. The summed E-state index contributed by atoms with van der Waals surface area (Å²) in [6.45, 7) is 3.63. The van der Waals surface area contributed by atoms with Crippen molar-refractivity contribution in [1.29, 1.82) is 0 Å². The molecule has 6 nitrogen and oxygen atoms in total. The summed E-state index contributed by atoms with van der Waals surface area (Å²) in [6, 6.07) is 4.12. The monoisotopic (exact) mass is 317 g/mol. The maximum Gasteiger partial charge on any atom is 0.244 e. The van der Waals surface area contributed by atoms with Gasteiger partial charge in [0.05, 0.1) is 15.6 Å². The van der Waals surface area contributed by atoms with E-state index < -0.39 is 15.6 Å². The van der Waals surface area contributed by atoms with Crippen molar-refractivity contribution in [2.24, 2.45) is 0 Å². The molecule has 110 valence electrons. The van der Waals surface area contributed by atoms with Crippen molar-refractivity contribution in [2.45, 2.75) is 24.3 Å². The van der Waals surface area contributed by atoms with Crippen molar-refractivity contribution < 1.29 is 13.2 Å². The highest BCUT2D eigenvalue weighted by atomic mass is 35.5. The third-order valence-electron chi connectivity index (χ3n) is 3.34. The first-order valence-electron chi connectivity index (χ1n) is 6.03. The topological polar surface area (TPSA) is 92.5 Å². The Bertz CT molecular complexity index is 658. The number of nitrogens with one attached hydrogen (secondary N) is 1. The summed E-state index contributed by atoms with van der Waals surface area (Å²) in [5.41, 5.74) is 4.69. The molecule has 0 unspecified atom stereocenters. The third kappa shape index (κ3) is 2.36. The predicted molar refractivity (Wildman–Crippen MR) is 76.8 cm³/mol. The van der Waals surface area contributed by atoms with Gasteiger partial charge in [-0.1, -0.05) is 11.6 Å². The van der Waals surface area contributed by atoms with Crippen LogP contribution in [0, 0.1) is 0 Å². The van der Waals surface area contributed by atoms with E-state index >= 15 is 0 Å². The van der Waals surface area contributed by atoms with Crippen molar-refractivity contribution in [3.63, 3.8) is 0 Å². The minimum Gasteiger partial charge on any atom is -0.397 e. The Morgan fingerprint density at radius 1 is 1.40 bits per heavy atom. The number of carbonyl (C=O) groups excluding carboxylic acids is 1. The van der Waals surface area contributed by atoms with Crippen LogP contribution in [0.1, 0.15) is 13.8 Å². The molecule has 20 heavy (non-hydrogen) atoms. The molecule has 0 spiro atoms. The van der Waals surface area contributed by atoms with Gasteiger partial charge in [-0.05, 0) is 32.0 Å². The maximum atomic E-state index is 12.7. The number of nitrogens with zero attached hydrogens (tertiary/aromatic N) is 1. The molecule has 1 fully saturated rings. The average Bonchev–Trinajstić information content (AvgIpc) is 2.35. The van der Waals surface area contributed by atoms with Gasteiger partial charge in [0.2, 0.25) is 15.9 Å². The second-order valence-electron chi connectivity index (χ2n) is 5.08. The summed E-state index contributed by atoms with van der Waals surface area (Å²) in [5, 5.41) is 2.95. The zero-order chi connectivity index (χ0) is 15.1. The summed E-state index contributed by atoms with van der Waals surface area (Å²) in [7, 11) is -3.81. The Morgan fingerprint density at radius 3 is 2.65 bits per heavy atom. The first-order valence-corrected chi connectivity index (χ1v) is 7.85. The molecule has 1 aliphatic heterocycles. The Morgan fingerprint density at radius 2 is 2.05 bits per heavy atom. The molecule has 1 heterocycles. The van der Waals surface area contributed by atoms with E-state index in [4.69, 9.17) is 17.3 Å². The zero-order valence-electron chi connectivity index (χ0n) is 11.2. The number of sulfonamides is 1. The third-order valence-corrected chi connectivity index (χ3v) is 5.75. The second-order valence-corrected chi connectivity index (χ2v) is 7.34. The lowest BCUT2D eigenvalue weighted by molar-refractivity contribution is -0.131. The normalized spacial score (nSPS) is 19.6. The van der Waals surface area contributed by atoms with E-state index in [1.807, 2.05) is 0 Å². The van der Waals surface area contributed by atoms with E-state index in [9.17, 15) is 13.2 Å². The van der Waals surface area contributed by atoms with E-state index in [0.717, 1.165) is 0 Å². The van der Waals surface area contributed by atoms with Crippen molar-refractivity contribution in [3.05, 3.63) is 23.2 Å². The van der Waals surface area contributed by atoms with Crippen molar-refractivity contribution in [1.82, 2.24) is 9.62 Å². The first kappa shape index (κ1) is 15.1. The van der Waals surface area contributed by atoms with Crippen LogP contribution in [0.4, 0.5) is 5.69 Å². The fourth-order valence-electron chi connectivity index (χ4n) is 2.11. The Hall–Kier alpha value is -1.31. The molecule has 1 aromatic rings. The molecular weight excluding hydrogens is 302 g/mol. The fourth-order valence-corrected chi connectivity index (χ4v) is 4.01. The number of nitrogens with two attached hydrogens (primary N) is 1. The summed E-state index contributed by atoms with van der Waals surface area (Å²) in [6.07, 6.45) is 0. The number of rotatable bonds is 2. The van der Waals surface area contributed by atoms with Gasteiger partial charge in [-0.25, -0.2) is 8.42 Å². The molecule has 1 aliphatic rings. The van der Waals surface area contributed by atoms with Gasteiger partial charge in [0.1, 0.15) is 5.54 Å². The van der Waals surface area contributed by atoms with Crippen LogP contribution in [0.15, 0.2) is 23.1 Å². The molecule has 1 aromatic carbocycles. The molecule has 0 aliphatic carbocycles. The summed E-state index contributed by atoms with van der Waals surface area (Å²) in [4.78, 5) is 11.9. The van der Waals surface area contributed by atoms with Crippen LogP contribution in [-0.4, -0.2) is 37.3 Å². The quantitative estimate of drug-likeness (QED) is 0.790. The number of hydrogen-bond donors (Lipinski definition) is 2. The molecule has 0 bridgehead atoms. The Labute approximate surface area is 122 Å². The van der Waals surface area contributed by atoms with E-state index in [1.54, 1.807) is 13.8 Å². The molecule has 0 atom stereocenters. The minimum absolute atomic E-state index is 0.0298. The van der Waals surface area contributed by atoms with Crippen LogP contribution < -0.4 is 11.1 Å². The number of benzene rings is 1. The van der Waals surface area contributed by atoms with Crippen LogP contribution >= 0.6 is 11.6 Å². The summed E-state index contributed by atoms with van der Waals surface area (Å²) < 4.78 is 26.5. The zero-order valence-corrected chi connectivity index (χ0v) is 12.8. The lowest BCUT2D eigenvalue weighted by Gasteiger charge is -2.39. The smallest absolute Gasteiger partial charge is 0.244 e. The second kappa shape index (κ2) is 4.91. The predicted octanol–water partition coefficient (Wildman–Crippen LogP) is 0.821. The molecule has 0 saturated carbocycles. The fraction of sp³-hybridized carbons (Fsp3) is 0.417. The van der Waals surface area contributed by atoms with Gasteiger partial charge in [-0.3, -0.25) is 4.79 Å². The Balaban J connectivity index is 2.49. The van der Waals surface area contributed by atoms with E-state index in [1.165, 1.54) is 22.5 Å². The van der Waals surface area contributed by atoms with E-state index in [2.05, 4.69) is 5.32 Å². The standard InChI is InChI=1S/C12H16ClN3O3S/c1-12(2)11(17)15-5-6-16(12)20(18,19)8-3-4-9(13)10(14)7-8/h3-4,7H,5-6,14H2,1-2H3,(H,15,17). The lowest BCUT2D eigenvalue weighted by Crippen LogP contribution is -2.63. The number of piperazine rings is 1. The molecule has 1 amide bonds. The van der Waals surface area contributed by atoms with Crippen LogP contribution in [0.25, 0.3) is 0 Å². The largest absolute Gasteiger partial charge is 0.397 e. The molecule has 0 radical (unpaired) electrons. The van der Waals surface area contributed by atoms with Gasteiger partial charge in [-0.2, -0.15) is 4.31 Å². The molecule has 1 saturated heterocycles. The van der Waals surface area contributed by atoms with E-state index in [-0.39, 0.29) is 29.6 Å². The number of nitrogen functional groups attached to an aromatic ring is 1. The summed E-state index contributed by atoms with van der Waals surface area (Å²) >= 11 is 5.80. The highest BCUT2D eigenvalue weighted by Gasteiger charge is 2.44. The number of halogens is 1. The SMILES string of the molecule is CC1(C)C(=O)NCCN1S(=O)(=O)c1ccc(Cl)c(N)c1. The molecule has 8 heteroatoms. The minimum atomic E-state index is -3.81. The molecule has 3 N–H and O–H groups in total. The van der Waals surface area contributed by atoms with E-state index in [0.29, 0.717) is 5.02 Å². The molecule has 0 aromatic heterocycles. The number of carbonyl (C=O) groups is 1. The van der Waals surface area contributed by atoms with Gasteiger partial charge >= 0.3 is 0 Å². The Kier molecular flexibility index (Phi) is 3.70. The highest BCUT2D eigenvalue weighted by Crippen LogP contribution is 2.29. The van der Waals surface area contributed by atoms with Gasteiger partial charge in [0, 0.05) is 13.1 Å². The number of hydrogen-bond acceptors (Lipinski definition) is 4. The van der Waals surface area contributed by atoms with Crippen molar-refractivity contribution >= 4 is 33.2 Å². The average molecular weight is 318 g/mol. The van der Waals surface area contributed by atoms with Crippen molar-refractivity contribution in [2.75, 3.05) is 18.8 Å². The number of anilines is 1. The molecule has 2 rings (SSSR count). The highest BCUT2D eigenvalue weighted by molar-refractivity contribution is 7.89. The van der Waals surface area contributed by atoms with Gasteiger partial charge in [0.25, 0.3) is 0 Å². The van der Waals surface area contributed by atoms with Gasteiger partial charge in [0.15, 0.2) is 0 Å². The molecular formula is C12H16ClN3O3S. The van der Waals surface area contributed by atoms with Crippen LogP contribution in [0.2, 0.25) is 5.02 Å². The van der Waals surface area contributed by atoms with Crippen LogP contribution in [0.3, 0.4) is 0 Å². The van der Waals surface area contributed by atoms with Crippen molar-refractivity contribution in [3.8, 4) is 0 Å².